The smallest absolute Gasteiger partial charge is 0.224 e. The van der Waals surface area contributed by atoms with Crippen LogP contribution in [0.25, 0.3) is 5.69 Å². The van der Waals surface area contributed by atoms with E-state index >= 15 is 0 Å². The van der Waals surface area contributed by atoms with Gasteiger partial charge in [0.25, 0.3) is 0 Å². The zero-order valence-corrected chi connectivity index (χ0v) is 12.6. The van der Waals surface area contributed by atoms with Crippen LogP contribution < -0.4 is 5.32 Å². The van der Waals surface area contributed by atoms with Crippen LogP contribution in [-0.2, 0) is 4.79 Å². The second-order valence-electron chi connectivity index (χ2n) is 6.44. The van der Waals surface area contributed by atoms with E-state index in [1.54, 1.807) is 4.68 Å². The lowest BCUT2D eigenvalue weighted by Crippen LogP contribution is -2.29. The number of nitrogens with one attached hydrogen (secondary N) is 1. The minimum atomic E-state index is -0.105. The van der Waals surface area contributed by atoms with Gasteiger partial charge in [0, 0.05) is 5.92 Å². The molecule has 0 aliphatic heterocycles. The molecule has 0 spiro atoms. The lowest BCUT2D eigenvalue weighted by molar-refractivity contribution is -0.123. The molecule has 0 saturated heterocycles. The maximum absolute atomic E-state index is 12.3. The molecule has 2 fully saturated rings. The first kappa shape index (κ1) is 13.5. The molecule has 0 radical (unpaired) electrons. The van der Waals surface area contributed by atoms with Crippen molar-refractivity contribution < 1.29 is 4.79 Å². The predicted molar refractivity (Wildman–Crippen MR) is 82.2 cm³/mol. The number of nitrogens with zero attached hydrogens (tertiary/aromatic N) is 3. The Morgan fingerprint density at radius 3 is 2.73 bits per heavy atom. The average molecular weight is 296 g/mol. The van der Waals surface area contributed by atoms with Crippen LogP contribution in [0, 0.1) is 17.8 Å². The number of aromatic nitrogens is 3. The van der Waals surface area contributed by atoms with Crippen LogP contribution in [-0.4, -0.2) is 20.9 Å². The van der Waals surface area contributed by atoms with Gasteiger partial charge in [0.1, 0.15) is 5.69 Å². The molecule has 2 aliphatic rings. The minimum absolute atomic E-state index is 0.105. The van der Waals surface area contributed by atoms with Crippen molar-refractivity contribution in [2.45, 2.75) is 32.2 Å². The molecule has 0 unspecified atom stereocenters. The summed E-state index contributed by atoms with van der Waals surface area (Å²) >= 11 is 0. The van der Waals surface area contributed by atoms with Gasteiger partial charge in [-0.2, -0.15) is 0 Å². The molecule has 1 heterocycles. The highest BCUT2D eigenvalue weighted by Crippen LogP contribution is 2.57. The molecule has 22 heavy (non-hydrogen) atoms. The molecular formula is C17H20N4O. The third-order valence-electron chi connectivity index (χ3n) is 5.04. The molecule has 5 heteroatoms. The zero-order chi connectivity index (χ0) is 15.1. The Labute approximate surface area is 129 Å². The zero-order valence-electron chi connectivity index (χ0n) is 12.6. The van der Waals surface area contributed by atoms with Crippen molar-refractivity contribution in [2.24, 2.45) is 17.8 Å². The number of hydrogen-bond donors (Lipinski definition) is 1. The highest BCUT2D eigenvalue weighted by molar-refractivity contribution is 5.82. The van der Waals surface area contributed by atoms with Crippen molar-refractivity contribution in [3.63, 3.8) is 0 Å². The third-order valence-corrected chi connectivity index (χ3v) is 5.04. The Morgan fingerprint density at radius 1 is 1.27 bits per heavy atom. The van der Waals surface area contributed by atoms with Crippen LogP contribution in [0.2, 0.25) is 0 Å². The number of para-hydroxylation sites is 1. The first-order chi connectivity index (χ1) is 10.7. The van der Waals surface area contributed by atoms with Gasteiger partial charge in [-0.25, -0.2) is 4.68 Å². The Balaban J connectivity index is 1.42. The van der Waals surface area contributed by atoms with Crippen LogP contribution in [0.3, 0.4) is 0 Å². The second-order valence-corrected chi connectivity index (χ2v) is 6.44. The highest BCUT2D eigenvalue weighted by Gasteiger charge is 2.56. The van der Waals surface area contributed by atoms with Gasteiger partial charge in [-0.1, -0.05) is 29.8 Å². The van der Waals surface area contributed by atoms with Gasteiger partial charge in [-0.3, -0.25) is 4.79 Å². The van der Waals surface area contributed by atoms with Gasteiger partial charge < -0.3 is 5.32 Å². The van der Waals surface area contributed by atoms with E-state index in [1.165, 1.54) is 19.3 Å². The third kappa shape index (κ3) is 2.30. The van der Waals surface area contributed by atoms with Crippen molar-refractivity contribution in [3.05, 3.63) is 42.2 Å². The van der Waals surface area contributed by atoms with Gasteiger partial charge in [0.05, 0.1) is 17.9 Å². The molecule has 2 saturated carbocycles. The van der Waals surface area contributed by atoms with Gasteiger partial charge in [0.2, 0.25) is 5.91 Å². The van der Waals surface area contributed by atoms with Crippen LogP contribution >= 0.6 is 0 Å². The lowest BCUT2D eigenvalue weighted by Gasteiger charge is -2.11. The molecule has 5 nitrogen and oxygen atoms in total. The van der Waals surface area contributed by atoms with Gasteiger partial charge >= 0.3 is 0 Å². The normalized spacial score (nSPS) is 27.2. The minimum Gasteiger partial charge on any atom is -0.348 e. The number of rotatable bonds is 4. The molecule has 3 atom stereocenters. The summed E-state index contributed by atoms with van der Waals surface area (Å²) in [6.07, 6.45) is 5.62. The quantitative estimate of drug-likeness (QED) is 0.943. The Hall–Kier alpha value is -2.17. The molecule has 4 rings (SSSR count). The van der Waals surface area contributed by atoms with Gasteiger partial charge in [0.15, 0.2) is 0 Å². The topological polar surface area (TPSA) is 59.8 Å². The summed E-state index contributed by atoms with van der Waals surface area (Å²) in [6.45, 7) is 1.97. The van der Waals surface area contributed by atoms with Crippen molar-refractivity contribution in [1.29, 1.82) is 0 Å². The summed E-state index contributed by atoms with van der Waals surface area (Å²) in [4.78, 5) is 12.3. The second kappa shape index (κ2) is 5.23. The van der Waals surface area contributed by atoms with E-state index in [4.69, 9.17) is 0 Å². The summed E-state index contributed by atoms with van der Waals surface area (Å²) in [6, 6.07) is 9.75. The number of fused-ring (bicyclic) bond motifs is 1. The number of carbonyl (C=O) groups is 1. The highest BCUT2D eigenvalue weighted by atomic mass is 16.2. The van der Waals surface area contributed by atoms with E-state index in [-0.39, 0.29) is 17.9 Å². The van der Waals surface area contributed by atoms with Crippen molar-refractivity contribution in [3.8, 4) is 5.69 Å². The number of carbonyl (C=O) groups excluding carboxylic acids is 1. The number of amides is 1. The summed E-state index contributed by atoms with van der Waals surface area (Å²) in [5, 5.41) is 11.4. The lowest BCUT2D eigenvalue weighted by atomic mass is 10.1. The molecule has 1 amide bonds. The SMILES string of the molecule is C[C@H](NC(=O)C1[C@@H]2CCC[C@@H]12)c1cn(-c2ccccc2)nn1. The van der Waals surface area contributed by atoms with Crippen LogP contribution in [0.1, 0.15) is 37.9 Å². The van der Waals surface area contributed by atoms with Crippen LogP contribution in [0.4, 0.5) is 0 Å². The van der Waals surface area contributed by atoms with Crippen molar-refractivity contribution in [2.75, 3.05) is 0 Å². The molecule has 1 aromatic heterocycles. The van der Waals surface area contributed by atoms with E-state index in [0.29, 0.717) is 11.8 Å². The first-order valence-electron chi connectivity index (χ1n) is 8.02. The van der Waals surface area contributed by atoms with Crippen molar-refractivity contribution in [1.82, 2.24) is 20.3 Å². The van der Waals surface area contributed by atoms with Crippen molar-refractivity contribution >= 4 is 5.91 Å². The summed E-state index contributed by atoms with van der Waals surface area (Å²) in [7, 11) is 0. The van der Waals surface area contributed by atoms with E-state index in [2.05, 4.69) is 15.6 Å². The fraction of sp³-hybridized carbons (Fsp3) is 0.471. The molecule has 0 bridgehead atoms. The number of benzene rings is 1. The van der Waals surface area contributed by atoms with E-state index in [1.807, 2.05) is 43.5 Å². The molecule has 2 aliphatic carbocycles. The summed E-state index contributed by atoms with van der Waals surface area (Å²) < 4.78 is 1.74. The van der Waals surface area contributed by atoms with Gasteiger partial charge in [-0.05, 0) is 43.7 Å². The molecule has 1 aromatic carbocycles. The van der Waals surface area contributed by atoms with E-state index in [9.17, 15) is 4.79 Å². The van der Waals surface area contributed by atoms with Crippen LogP contribution in [0.15, 0.2) is 36.5 Å². The fourth-order valence-electron chi connectivity index (χ4n) is 3.78. The van der Waals surface area contributed by atoms with Crippen LogP contribution in [0.5, 0.6) is 0 Å². The summed E-state index contributed by atoms with van der Waals surface area (Å²) in [5.74, 6) is 1.73. The van der Waals surface area contributed by atoms with Gasteiger partial charge in [-0.15, -0.1) is 5.10 Å². The molecule has 2 aromatic rings. The molecule has 114 valence electrons. The summed E-state index contributed by atoms with van der Waals surface area (Å²) in [5.41, 5.74) is 1.76. The molecular weight excluding hydrogens is 276 g/mol. The maximum Gasteiger partial charge on any atom is 0.224 e. The Kier molecular flexibility index (Phi) is 3.21. The standard InChI is InChI=1S/C17H20N4O/c1-11(18-17(22)16-13-8-5-9-14(13)16)15-10-21(20-19-15)12-6-3-2-4-7-12/h2-4,6-7,10-11,13-14,16H,5,8-9H2,1H3,(H,18,22)/t11-,13+,14+/m0/s1. The monoisotopic (exact) mass is 296 g/mol. The largest absolute Gasteiger partial charge is 0.348 e. The fourth-order valence-corrected chi connectivity index (χ4v) is 3.78. The van der Waals surface area contributed by atoms with E-state index in [0.717, 1.165) is 11.4 Å². The Bertz CT molecular complexity index is 671. The average Bonchev–Trinajstić information content (AvgIpc) is 2.95. The Morgan fingerprint density at radius 2 is 2.00 bits per heavy atom. The number of hydrogen-bond acceptors (Lipinski definition) is 3. The molecule has 1 N–H and O–H groups in total. The first-order valence-corrected chi connectivity index (χ1v) is 8.02. The predicted octanol–water partition coefficient (Wildman–Crippen LogP) is 2.49. The maximum atomic E-state index is 12.3. The van der Waals surface area contributed by atoms with E-state index < -0.39 is 0 Å².